The monoisotopic (exact) mass is 482 g/mol. The molecule has 2 aliphatic rings. The molecular formula is C20H30N6O6S. The molecule has 0 aromatic heterocycles. The van der Waals surface area contributed by atoms with E-state index in [1.54, 1.807) is 6.07 Å². The van der Waals surface area contributed by atoms with E-state index in [9.17, 15) is 23.1 Å². The summed E-state index contributed by atoms with van der Waals surface area (Å²) in [5, 5.41) is 18.8. The van der Waals surface area contributed by atoms with Gasteiger partial charge in [0, 0.05) is 19.3 Å². The van der Waals surface area contributed by atoms with Gasteiger partial charge < -0.3 is 10.4 Å². The molecule has 2 heterocycles. The minimum Gasteiger partial charge on any atom is -0.478 e. The minimum absolute atomic E-state index is 0.105. The van der Waals surface area contributed by atoms with E-state index in [0.29, 0.717) is 32.4 Å². The summed E-state index contributed by atoms with van der Waals surface area (Å²) in [4.78, 5) is 34.3. The summed E-state index contributed by atoms with van der Waals surface area (Å²) in [6.45, 7) is 1.77. The Morgan fingerprint density at radius 2 is 2.00 bits per heavy atom. The Morgan fingerprint density at radius 3 is 2.64 bits per heavy atom. The molecule has 3 unspecified atom stereocenters. The number of aliphatic imine (C=N–C) groups is 1. The first-order chi connectivity index (χ1) is 15.8. The molecular weight excluding hydrogens is 452 g/mol. The van der Waals surface area contributed by atoms with E-state index >= 15 is 0 Å². The van der Waals surface area contributed by atoms with Crippen LogP contribution in [-0.4, -0.2) is 69.3 Å². The van der Waals surface area contributed by atoms with Crippen molar-refractivity contribution in [2.45, 2.75) is 55.1 Å². The average Bonchev–Trinajstić information content (AvgIpc) is 3.35. The van der Waals surface area contributed by atoms with Gasteiger partial charge in [-0.1, -0.05) is 18.2 Å². The van der Waals surface area contributed by atoms with Gasteiger partial charge in [0.15, 0.2) is 12.4 Å². The number of carbonyl (C=O) groups excluding carboxylic acids is 1. The zero-order chi connectivity index (χ0) is 23.7. The highest BCUT2D eigenvalue weighted by molar-refractivity contribution is 7.89. The van der Waals surface area contributed by atoms with Gasteiger partial charge in [-0.25, -0.2) is 18.7 Å². The maximum atomic E-state index is 12.9. The highest BCUT2D eigenvalue weighted by Gasteiger charge is 2.45. The number of carbonyl (C=O) groups is 2. The summed E-state index contributed by atoms with van der Waals surface area (Å²) in [6.07, 6.45) is 2.60. The summed E-state index contributed by atoms with van der Waals surface area (Å²) in [5.41, 5.74) is 0.324. The number of aliphatic carboxylic acids is 1. The van der Waals surface area contributed by atoms with E-state index in [0.717, 1.165) is 13.0 Å². The second kappa shape index (κ2) is 11.6. The third kappa shape index (κ3) is 7.03. The molecule has 0 bridgehead atoms. The van der Waals surface area contributed by atoms with Crippen LogP contribution in [0, 0.1) is 0 Å². The summed E-state index contributed by atoms with van der Waals surface area (Å²) < 4.78 is 28.1. The zero-order valence-electron chi connectivity index (χ0n) is 18.1. The van der Waals surface area contributed by atoms with Gasteiger partial charge in [0.05, 0.1) is 4.90 Å². The van der Waals surface area contributed by atoms with Crippen molar-refractivity contribution in [1.29, 1.82) is 0 Å². The van der Waals surface area contributed by atoms with Crippen molar-refractivity contribution in [2.75, 3.05) is 19.6 Å². The molecule has 6 N–H and O–H groups in total. The molecule has 1 aromatic rings. The molecule has 182 valence electrons. The Balaban J connectivity index is 1.71. The van der Waals surface area contributed by atoms with Crippen LogP contribution in [0.4, 0.5) is 0 Å². The normalized spacial score (nSPS) is 22.5. The Morgan fingerprint density at radius 1 is 1.21 bits per heavy atom. The molecule has 3 rings (SSSR count). The van der Waals surface area contributed by atoms with E-state index in [1.165, 1.54) is 24.3 Å². The standard InChI is InChI=1S/C20H30N6O6S/c27-17(16-9-14-24-32-16)25-20(18(28)29,26-33(30,31)15-7-2-1-3-8-15)10-4-5-11-21-19-22-12-6-13-23-19/h1-3,7-8,12,16,19,21,23-24,26H,4-6,9-11,13-14H2,(H,25,27)(H,28,29). The Hall–Kier alpha value is -2.42. The first-order valence-electron chi connectivity index (χ1n) is 10.8. The van der Waals surface area contributed by atoms with Crippen molar-refractivity contribution in [1.82, 2.24) is 26.2 Å². The second-order valence-electron chi connectivity index (χ2n) is 7.80. The third-order valence-corrected chi connectivity index (χ3v) is 6.78. The van der Waals surface area contributed by atoms with Crippen LogP contribution in [0.5, 0.6) is 0 Å². The fraction of sp³-hybridized carbons (Fsp3) is 0.550. The second-order valence-corrected chi connectivity index (χ2v) is 9.48. The van der Waals surface area contributed by atoms with Crippen LogP contribution in [0.3, 0.4) is 0 Å². The first-order valence-corrected chi connectivity index (χ1v) is 12.3. The number of sulfonamides is 1. The SMILES string of the molecule is O=C(NC(CCCCNC1N=CCCN1)(NS(=O)(=O)c1ccccc1)C(=O)O)C1CCNO1. The fourth-order valence-electron chi connectivity index (χ4n) is 3.51. The molecule has 1 saturated heterocycles. The lowest BCUT2D eigenvalue weighted by Crippen LogP contribution is -2.66. The number of nitrogens with one attached hydrogen (secondary N) is 5. The largest absolute Gasteiger partial charge is 0.478 e. The predicted octanol–water partition coefficient (Wildman–Crippen LogP) is -0.737. The maximum absolute atomic E-state index is 12.9. The van der Waals surface area contributed by atoms with Crippen molar-refractivity contribution in [3.05, 3.63) is 30.3 Å². The average molecular weight is 483 g/mol. The number of hydrogen-bond donors (Lipinski definition) is 6. The van der Waals surface area contributed by atoms with Gasteiger partial charge in [-0.15, -0.1) is 0 Å². The van der Waals surface area contributed by atoms with Crippen molar-refractivity contribution >= 4 is 28.1 Å². The summed E-state index contributed by atoms with van der Waals surface area (Å²) >= 11 is 0. The van der Waals surface area contributed by atoms with Gasteiger partial charge >= 0.3 is 5.97 Å². The number of nitrogens with zero attached hydrogens (tertiary/aromatic N) is 1. The first kappa shape index (κ1) is 25.2. The fourth-order valence-corrected chi connectivity index (χ4v) is 4.84. The van der Waals surface area contributed by atoms with Crippen molar-refractivity contribution in [3.8, 4) is 0 Å². The van der Waals surface area contributed by atoms with Crippen molar-refractivity contribution < 1.29 is 28.0 Å². The Labute approximate surface area is 192 Å². The number of hydrogen-bond acceptors (Lipinski definition) is 9. The molecule has 1 amide bonds. The molecule has 2 aliphatic heterocycles. The van der Waals surface area contributed by atoms with E-state index < -0.39 is 33.7 Å². The Kier molecular flexibility index (Phi) is 8.88. The van der Waals surface area contributed by atoms with E-state index in [4.69, 9.17) is 4.84 Å². The van der Waals surface area contributed by atoms with Crippen LogP contribution in [0.2, 0.25) is 0 Å². The third-order valence-electron chi connectivity index (χ3n) is 5.27. The lowest BCUT2D eigenvalue weighted by atomic mass is 10.0. The zero-order valence-corrected chi connectivity index (χ0v) is 18.9. The van der Waals surface area contributed by atoms with Gasteiger partial charge in [0.2, 0.25) is 15.7 Å². The number of benzene rings is 1. The summed E-state index contributed by atoms with van der Waals surface area (Å²) in [6, 6.07) is 7.40. The van der Waals surface area contributed by atoms with Gasteiger partial charge in [0.1, 0.15) is 0 Å². The minimum atomic E-state index is -4.24. The molecule has 0 aliphatic carbocycles. The van der Waals surface area contributed by atoms with E-state index in [-0.39, 0.29) is 17.6 Å². The van der Waals surface area contributed by atoms with Crippen molar-refractivity contribution in [3.63, 3.8) is 0 Å². The highest BCUT2D eigenvalue weighted by atomic mass is 32.2. The lowest BCUT2D eigenvalue weighted by molar-refractivity contribution is -0.151. The highest BCUT2D eigenvalue weighted by Crippen LogP contribution is 2.19. The summed E-state index contributed by atoms with van der Waals surface area (Å²) in [5.74, 6) is -2.22. The number of hydroxylamine groups is 1. The molecule has 0 spiro atoms. The predicted molar refractivity (Wildman–Crippen MR) is 120 cm³/mol. The molecule has 12 nitrogen and oxygen atoms in total. The number of amides is 1. The molecule has 0 radical (unpaired) electrons. The van der Waals surface area contributed by atoms with E-state index in [1.807, 2.05) is 6.21 Å². The van der Waals surface area contributed by atoms with Gasteiger partial charge in [0.25, 0.3) is 5.91 Å². The molecule has 0 saturated carbocycles. The molecule has 13 heteroatoms. The number of rotatable bonds is 12. The van der Waals surface area contributed by atoms with Crippen LogP contribution in [0.1, 0.15) is 32.1 Å². The van der Waals surface area contributed by atoms with Gasteiger partial charge in [-0.05, 0) is 50.8 Å². The molecule has 33 heavy (non-hydrogen) atoms. The van der Waals surface area contributed by atoms with Crippen LogP contribution < -0.4 is 26.2 Å². The lowest BCUT2D eigenvalue weighted by Gasteiger charge is -2.32. The number of unbranched alkanes of at least 4 members (excludes halogenated alkanes) is 1. The topological polar surface area (TPSA) is 170 Å². The van der Waals surface area contributed by atoms with Crippen LogP contribution >= 0.6 is 0 Å². The summed E-state index contributed by atoms with van der Waals surface area (Å²) in [7, 11) is -4.24. The van der Waals surface area contributed by atoms with Gasteiger partial charge in [-0.2, -0.15) is 4.72 Å². The smallest absolute Gasteiger partial charge is 0.345 e. The molecule has 1 aromatic carbocycles. The van der Waals surface area contributed by atoms with E-state index in [2.05, 4.69) is 31.1 Å². The molecule has 1 fully saturated rings. The van der Waals surface area contributed by atoms with Crippen LogP contribution in [0.15, 0.2) is 40.2 Å². The Bertz CT molecular complexity index is 938. The molecule has 3 atom stereocenters. The van der Waals surface area contributed by atoms with Gasteiger partial charge in [-0.3, -0.25) is 25.3 Å². The maximum Gasteiger partial charge on any atom is 0.345 e. The number of carboxylic acid groups (broad SMARTS) is 1. The van der Waals surface area contributed by atoms with Crippen LogP contribution in [0.25, 0.3) is 0 Å². The van der Waals surface area contributed by atoms with Crippen molar-refractivity contribution in [2.24, 2.45) is 4.99 Å². The quantitative estimate of drug-likeness (QED) is 0.166. The number of carboxylic acids is 1. The van der Waals surface area contributed by atoms with Crippen LogP contribution in [-0.2, 0) is 24.4 Å².